The molecule has 2 amide bonds. The molecular weight excluding hydrogens is 446 g/mol. The zero-order valence-electron chi connectivity index (χ0n) is 17.9. The van der Waals surface area contributed by atoms with Crippen LogP contribution in [0.15, 0.2) is 47.1 Å². The van der Waals surface area contributed by atoms with Crippen LogP contribution in [0.4, 0.5) is 10.6 Å². The van der Waals surface area contributed by atoms with Crippen LogP contribution in [0.3, 0.4) is 0 Å². The number of benzene rings is 1. The Hall–Kier alpha value is -2.41. The predicted octanol–water partition coefficient (Wildman–Crippen LogP) is 5.20. The van der Waals surface area contributed by atoms with Crippen LogP contribution in [0.1, 0.15) is 49.5 Å². The fourth-order valence-corrected chi connectivity index (χ4v) is 3.82. The van der Waals surface area contributed by atoms with Gasteiger partial charge in [-0.2, -0.15) is 0 Å². The molecule has 1 saturated heterocycles. The normalized spacial score (nSPS) is 16.8. The van der Waals surface area contributed by atoms with Crippen molar-refractivity contribution in [3.05, 3.63) is 58.2 Å². The minimum Gasteiger partial charge on any atom is -0.444 e. The van der Waals surface area contributed by atoms with Crippen LogP contribution in [0.5, 0.6) is 0 Å². The molecule has 1 aromatic heterocycles. The third-order valence-electron chi connectivity index (χ3n) is 4.93. The molecule has 0 saturated carbocycles. The van der Waals surface area contributed by atoms with E-state index >= 15 is 0 Å². The largest absolute Gasteiger partial charge is 0.444 e. The Morgan fingerprint density at radius 1 is 1.20 bits per heavy atom. The lowest BCUT2D eigenvalue weighted by atomic mass is 10.0. The van der Waals surface area contributed by atoms with Crippen molar-refractivity contribution in [3.8, 4) is 0 Å². The number of aromatic nitrogens is 1. The summed E-state index contributed by atoms with van der Waals surface area (Å²) in [7, 11) is 0. The van der Waals surface area contributed by atoms with Gasteiger partial charge in [-0.1, -0.05) is 22.0 Å². The van der Waals surface area contributed by atoms with Gasteiger partial charge in [0.1, 0.15) is 11.4 Å². The van der Waals surface area contributed by atoms with E-state index in [4.69, 9.17) is 4.74 Å². The summed E-state index contributed by atoms with van der Waals surface area (Å²) in [6, 6.07) is 10.9. The van der Waals surface area contributed by atoms with Crippen molar-refractivity contribution in [2.45, 2.75) is 52.2 Å². The van der Waals surface area contributed by atoms with Gasteiger partial charge in [0.15, 0.2) is 0 Å². The molecule has 2 aromatic rings. The zero-order valence-corrected chi connectivity index (χ0v) is 19.5. The molecule has 1 aliphatic heterocycles. The molecule has 1 fully saturated rings. The maximum Gasteiger partial charge on any atom is 0.410 e. The molecule has 6 nitrogen and oxygen atoms in total. The van der Waals surface area contributed by atoms with E-state index in [2.05, 4.69) is 20.9 Å². The molecule has 0 bridgehead atoms. The highest BCUT2D eigenvalue weighted by atomic mass is 79.9. The number of aryl methyl sites for hydroxylation is 1. The first-order chi connectivity index (χ1) is 14.2. The molecule has 0 aliphatic carbocycles. The van der Waals surface area contributed by atoms with Crippen molar-refractivity contribution in [2.24, 2.45) is 0 Å². The number of pyridine rings is 1. The second-order valence-corrected chi connectivity index (χ2v) is 9.46. The Kier molecular flexibility index (Phi) is 6.81. The topological polar surface area (TPSA) is 62.7 Å². The summed E-state index contributed by atoms with van der Waals surface area (Å²) in [6.45, 7) is 8.53. The molecule has 1 aliphatic rings. The van der Waals surface area contributed by atoms with Crippen molar-refractivity contribution >= 4 is 33.7 Å². The van der Waals surface area contributed by atoms with Crippen LogP contribution in [-0.4, -0.2) is 46.6 Å². The van der Waals surface area contributed by atoms with Crippen LogP contribution in [0, 0.1) is 6.92 Å². The zero-order chi connectivity index (χ0) is 21.9. The van der Waals surface area contributed by atoms with Crippen LogP contribution in [0.2, 0.25) is 0 Å². The van der Waals surface area contributed by atoms with E-state index in [9.17, 15) is 9.59 Å². The second kappa shape index (κ2) is 9.16. The van der Waals surface area contributed by atoms with E-state index in [1.807, 2.05) is 52.0 Å². The van der Waals surface area contributed by atoms with Crippen molar-refractivity contribution in [3.63, 3.8) is 0 Å². The van der Waals surface area contributed by atoms with E-state index in [0.717, 1.165) is 22.9 Å². The van der Waals surface area contributed by atoms with Gasteiger partial charge in [-0.05, 0) is 76.4 Å². The summed E-state index contributed by atoms with van der Waals surface area (Å²) in [5.74, 6) is 0.502. The molecule has 0 unspecified atom stereocenters. The van der Waals surface area contributed by atoms with Crippen LogP contribution >= 0.6 is 15.9 Å². The Balaban J connectivity index is 1.92. The van der Waals surface area contributed by atoms with E-state index in [0.29, 0.717) is 24.5 Å². The van der Waals surface area contributed by atoms with Crippen molar-refractivity contribution in [1.82, 2.24) is 9.88 Å². The lowest BCUT2D eigenvalue weighted by Crippen LogP contribution is -2.53. The van der Waals surface area contributed by atoms with Crippen molar-refractivity contribution in [2.75, 3.05) is 18.0 Å². The second-order valence-electron chi connectivity index (χ2n) is 8.55. The number of hydrogen-bond acceptors (Lipinski definition) is 4. The number of amides is 2. The van der Waals surface area contributed by atoms with Crippen LogP contribution in [0.25, 0.3) is 0 Å². The maximum absolute atomic E-state index is 13.5. The van der Waals surface area contributed by atoms with Gasteiger partial charge in [-0.3, -0.25) is 9.69 Å². The SMILES string of the molecule is Cc1cccnc1N(C(=O)c1ccc(Br)cc1)[C@@H]1CCCN(C(=O)OC(C)(C)C)C1. The number of piperidine rings is 1. The fourth-order valence-electron chi connectivity index (χ4n) is 3.55. The number of rotatable bonds is 3. The van der Waals surface area contributed by atoms with Crippen LogP contribution < -0.4 is 4.90 Å². The average Bonchev–Trinajstić information content (AvgIpc) is 2.69. The quantitative estimate of drug-likeness (QED) is 0.614. The first-order valence-electron chi connectivity index (χ1n) is 10.1. The average molecular weight is 474 g/mol. The molecule has 0 spiro atoms. The highest BCUT2D eigenvalue weighted by Gasteiger charge is 2.35. The number of carbonyl (C=O) groups is 2. The smallest absolute Gasteiger partial charge is 0.410 e. The lowest BCUT2D eigenvalue weighted by Gasteiger charge is -2.39. The van der Waals surface area contributed by atoms with Gasteiger partial charge in [0, 0.05) is 29.3 Å². The van der Waals surface area contributed by atoms with Gasteiger partial charge in [0.2, 0.25) is 0 Å². The van der Waals surface area contributed by atoms with Crippen LogP contribution in [-0.2, 0) is 4.74 Å². The number of halogens is 1. The molecule has 0 radical (unpaired) electrons. The summed E-state index contributed by atoms with van der Waals surface area (Å²) in [6.07, 6.45) is 2.93. The molecule has 0 N–H and O–H groups in total. The molecule has 1 aromatic carbocycles. The Morgan fingerprint density at radius 2 is 1.90 bits per heavy atom. The lowest BCUT2D eigenvalue weighted by molar-refractivity contribution is 0.0196. The minimum absolute atomic E-state index is 0.125. The number of nitrogens with zero attached hydrogens (tertiary/aromatic N) is 3. The Morgan fingerprint density at radius 3 is 2.53 bits per heavy atom. The van der Waals surface area contributed by atoms with Gasteiger partial charge in [0.25, 0.3) is 5.91 Å². The number of hydrogen-bond donors (Lipinski definition) is 0. The van der Waals surface area contributed by atoms with E-state index in [-0.39, 0.29) is 18.0 Å². The first kappa shape index (κ1) is 22.3. The third-order valence-corrected chi connectivity index (χ3v) is 5.46. The fraction of sp³-hybridized carbons (Fsp3) is 0.435. The first-order valence-corrected chi connectivity index (χ1v) is 10.9. The van der Waals surface area contributed by atoms with Crippen molar-refractivity contribution in [1.29, 1.82) is 0 Å². The summed E-state index contributed by atoms with van der Waals surface area (Å²) >= 11 is 3.42. The molecule has 2 heterocycles. The molecule has 3 rings (SSSR count). The summed E-state index contributed by atoms with van der Waals surface area (Å²) in [5.41, 5.74) is 0.934. The van der Waals surface area contributed by atoms with Gasteiger partial charge in [-0.25, -0.2) is 9.78 Å². The van der Waals surface area contributed by atoms with Gasteiger partial charge in [-0.15, -0.1) is 0 Å². The summed E-state index contributed by atoms with van der Waals surface area (Å²) < 4.78 is 6.47. The van der Waals surface area contributed by atoms with E-state index < -0.39 is 5.60 Å². The standard InChI is InChI=1S/C23H28BrN3O3/c1-16-7-5-13-25-20(16)27(21(28)17-9-11-18(24)12-10-17)19-8-6-14-26(15-19)22(29)30-23(2,3)4/h5,7,9-13,19H,6,8,14-15H2,1-4H3/t19-/m1/s1. The number of ether oxygens (including phenoxy) is 1. The monoisotopic (exact) mass is 473 g/mol. The van der Waals surface area contributed by atoms with Gasteiger partial charge < -0.3 is 9.64 Å². The number of anilines is 1. The van der Waals surface area contributed by atoms with E-state index in [1.165, 1.54) is 0 Å². The highest BCUT2D eigenvalue weighted by molar-refractivity contribution is 9.10. The molecule has 30 heavy (non-hydrogen) atoms. The van der Waals surface area contributed by atoms with E-state index in [1.54, 1.807) is 28.1 Å². The Bertz CT molecular complexity index is 909. The van der Waals surface area contributed by atoms with Gasteiger partial charge >= 0.3 is 6.09 Å². The Labute approximate surface area is 186 Å². The molecule has 160 valence electrons. The molecular formula is C23H28BrN3O3. The molecule has 1 atom stereocenters. The van der Waals surface area contributed by atoms with Crippen molar-refractivity contribution < 1.29 is 14.3 Å². The summed E-state index contributed by atoms with van der Waals surface area (Å²) in [5, 5.41) is 0. The maximum atomic E-state index is 13.5. The molecule has 7 heteroatoms. The third kappa shape index (κ3) is 5.39. The minimum atomic E-state index is -0.561. The number of carbonyl (C=O) groups excluding carboxylic acids is 2. The number of likely N-dealkylation sites (tertiary alicyclic amines) is 1. The predicted molar refractivity (Wildman–Crippen MR) is 121 cm³/mol. The highest BCUT2D eigenvalue weighted by Crippen LogP contribution is 2.27. The van der Waals surface area contributed by atoms with Gasteiger partial charge in [0.05, 0.1) is 6.04 Å². The summed E-state index contributed by atoms with van der Waals surface area (Å²) in [4.78, 5) is 34.1.